The summed E-state index contributed by atoms with van der Waals surface area (Å²) in [6, 6.07) is 4.70. The van der Waals surface area contributed by atoms with Gasteiger partial charge in [-0.25, -0.2) is 8.42 Å². The number of sulfonamides is 1. The fraction of sp³-hybridized carbons (Fsp3) is 0.462. The zero-order chi connectivity index (χ0) is 16.8. The minimum absolute atomic E-state index is 0.0155. The van der Waals surface area contributed by atoms with Crippen molar-refractivity contribution in [1.29, 1.82) is 0 Å². The molecule has 1 aromatic rings. The number of hydrogen-bond donors (Lipinski definition) is 1. The summed E-state index contributed by atoms with van der Waals surface area (Å²) in [7, 11) is -2.10. The van der Waals surface area contributed by atoms with Gasteiger partial charge in [-0.05, 0) is 12.1 Å². The molecule has 6 nitrogen and oxygen atoms in total. The van der Waals surface area contributed by atoms with Crippen molar-refractivity contribution in [2.24, 2.45) is 0 Å². The Morgan fingerprint density at radius 2 is 1.91 bits per heavy atom. The van der Waals surface area contributed by atoms with E-state index in [1.807, 2.05) is 0 Å². The molecule has 124 valence electrons. The second kappa shape index (κ2) is 8.57. The number of para-hydroxylation sites is 1. The van der Waals surface area contributed by atoms with Gasteiger partial charge < -0.3 is 10.1 Å². The third-order valence-corrected chi connectivity index (χ3v) is 4.53. The van der Waals surface area contributed by atoms with E-state index >= 15 is 0 Å². The average molecular weight is 369 g/mol. The highest BCUT2D eigenvalue weighted by atomic mass is 35.5. The molecule has 0 saturated carbocycles. The topological polar surface area (TPSA) is 75.7 Å². The van der Waals surface area contributed by atoms with Gasteiger partial charge in [0.2, 0.25) is 15.9 Å². The van der Waals surface area contributed by atoms with Gasteiger partial charge in [0.1, 0.15) is 0 Å². The van der Waals surface area contributed by atoms with Crippen molar-refractivity contribution in [3.05, 3.63) is 28.2 Å². The van der Waals surface area contributed by atoms with Crippen LogP contribution in [-0.4, -0.2) is 47.4 Å². The van der Waals surface area contributed by atoms with Crippen molar-refractivity contribution in [3.8, 4) is 0 Å². The van der Waals surface area contributed by atoms with E-state index in [0.717, 1.165) is 10.6 Å². The molecule has 0 atom stereocenters. The van der Waals surface area contributed by atoms with E-state index in [4.69, 9.17) is 27.9 Å². The zero-order valence-corrected chi connectivity index (χ0v) is 14.6. The summed E-state index contributed by atoms with van der Waals surface area (Å²) in [5.41, 5.74) is 0.179. The van der Waals surface area contributed by atoms with Gasteiger partial charge in [-0.15, -0.1) is 0 Å². The first-order valence-corrected chi connectivity index (χ1v) is 9.05. The first-order chi connectivity index (χ1) is 10.3. The number of methoxy groups -OCH3 is 1. The number of carbonyl (C=O) groups is 1. The number of carbonyl (C=O) groups excluding carboxylic acids is 1. The van der Waals surface area contributed by atoms with Gasteiger partial charge in [0.05, 0.1) is 28.6 Å². The van der Waals surface area contributed by atoms with Crippen LogP contribution in [0.3, 0.4) is 0 Å². The lowest BCUT2D eigenvalue weighted by Crippen LogP contribution is -2.35. The summed E-state index contributed by atoms with van der Waals surface area (Å²) in [6.07, 6.45) is 1.02. The number of benzene rings is 1. The third-order valence-electron chi connectivity index (χ3n) is 2.76. The maximum Gasteiger partial charge on any atom is 0.232 e. The van der Waals surface area contributed by atoms with Crippen LogP contribution in [0.2, 0.25) is 10.0 Å². The molecule has 1 aromatic carbocycles. The lowest BCUT2D eigenvalue weighted by Gasteiger charge is -2.24. The van der Waals surface area contributed by atoms with Crippen molar-refractivity contribution >= 4 is 44.8 Å². The normalized spacial score (nSPS) is 11.3. The molecule has 9 heteroatoms. The molecule has 1 rings (SSSR count). The number of hydrogen-bond acceptors (Lipinski definition) is 4. The van der Waals surface area contributed by atoms with E-state index in [0.29, 0.717) is 13.2 Å². The van der Waals surface area contributed by atoms with Crippen LogP contribution < -0.4 is 9.62 Å². The molecule has 0 aliphatic heterocycles. The molecule has 1 N–H and O–H groups in total. The molecular weight excluding hydrogens is 351 g/mol. The van der Waals surface area contributed by atoms with E-state index in [-0.39, 0.29) is 34.6 Å². The molecule has 0 fully saturated rings. The molecule has 0 heterocycles. The van der Waals surface area contributed by atoms with E-state index in [9.17, 15) is 13.2 Å². The van der Waals surface area contributed by atoms with Crippen molar-refractivity contribution in [2.45, 2.75) is 6.42 Å². The van der Waals surface area contributed by atoms with E-state index in [2.05, 4.69) is 5.32 Å². The fourth-order valence-corrected chi connectivity index (χ4v) is 3.41. The highest BCUT2D eigenvalue weighted by Gasteiger charge is 2.23. The second-order valence-corrected chi connectivity index (χ2v) is 7.22. The van der Waals surface area contributed by atoms with Gasteiger partial charge in [0, 0.05) is 26.6 Å². The summed E-state index contributed by atoms with van der Waals surface area (Å²) in [5, 5.41) is 3.03. The fourth-order valence-electron chi connectivity index (χ4n) is 1.75. The Hall–Kier alpha value is -1.02. The van der Waals surface area contributed by atoms with Crippen LogP contribution in [-0.2, 0) is 19.6 Å². The molecular formula is C13H18Cl2N2O4S. The van der Waals surface area contributed by atoms with Crippen LogP contribution in [0.5, 0.6) is 0 Å². The Bertz CT molecular complexity index is 602. The number of anilines is 1. The zero-order valence-electron chi connectivity index (χ0n) is 12.3. The van der Waals surface area contributed by atoms with E-state index in [1.165, 1.54) is 7.11 Å². The molecule has 0 radical (unpaired) electrons. The van der Waals surface area contributed by atoms with Gasteiger partial charge in [0.15, 0.2) is 0 Å². The third kappa shape index (κ3) is 5.64. The minimum atomic E-state index is -3.62. The molecule has 0 aromatic heterocycles. The highest BCUT2D eigenvalue weighted by Crippen LogP contribution is 2.34. The summed E-state index contributed by atoms with van der Waals surface area (Å²) >= 11 is 12.1. The maximum absolute atomic E-state index is 12.0. The van der Waals surface area contributed by atoms with Crippen LogP contribution in [0.25, 0.3) is 0 Å². The largest absolute Gasteiger partial charge is 0.383 e. The molecule has 0 spiro atoms. The van der Waals surface area contributed by atoms with Crippen molar-refractivity contribution in [1.82, 2.24) is 5.32 Å². The predicted molar refractivity (Wildman–Crippen MR) is 88.2 cm³/mol. The molecule has 0 unspecified atom stereocenters. The number of ether oxygens (including phenoxy) is 1. The lowest BCUT2D eigenvalue weighted by atomic mass is 10.3. The van der Waals surface area contributed by atoms with Crippen LogP contribution in [0.15, 0.2) is 18.2 Å². The quantitative estimate of drug-likeness (QED) is 0.711. The Morgan fingerprint density at radius 3 is 2.41 bits per heavy atom. The van der Waals surface area contributed by atoms with Crippen LogP contribution >= 0.6 is 23.2 Å². The summed E-state index contributed by atoms with van der Waals surface area (Å²) < 4.78 is 29.8. The number of halogens is 2. The van der Waals surface area contributed by atoms with Crippen molar-refractivity contribution in [2.75, 3.05) is 37.4 Å². The molecule has 22 heavy (non-hydrogen) atoms. The van der Waals surface area contributed by atoms with Gasteiger partial charge in [-0.3, -0.25) is 9.10 Å². The number of nitrogens with one attached hydrogen (secondary N) is 1. The number of amides is 1. The van der Waals surface area contributed by atoms with E-state index in [1.54, 1.807) is 18.2 Å². The molecule has 1 amide bonds. The minimum Gasteiger partial charge on any atom is -0.383 e. The second-order valence-electron chi connectivity index (χ2n) is 4.50. The van der Waals surface area contributed by atoms with E-state index < -0.39 is 10.0 Å². The Morgan fingerprint density at radius 1 is 1.32 bits per heavy atom. The van der Waals surface area contributed by atoms with Crippen LogP contribution in [0.1, 0.15) is 6.42 Å². The van der Waals surface area contributed by atoms with Crippen molar-refractivity contribution in [3.63, 3.8) is 0 Å². The summed E-state index contributed by atoms with van der Waals surface area (Å²) in [4.78, 5) is 11.7. The predicted octanol–water partition coefficient (Wildman–Crippen LogP) is 1.91. The number of nitrogens with zero attached hydrogens (tertiary/aromatic N) is 1. The van der Waals surface area contributed by atoms with Gasteiger partial charge in [-0.2, -0.15) is 0 Å². The molecule has 0 saturated heterocycles. The molecule has 0 bridgehead atoms. The first kappa shape index (κ1) is 19.0. The smallest absolute Gasteiger partial charge is 0.232 e. The lowest BCUT2D eigenvalue weighted by molar-refractivity contribution is -0.121. The van der Waals surface area contributed by atoms with Crippen molar-refractivity contribution < 1.29 is 17.9 Å². The molecule has 0 aliphatic rings. The Labute approximate surface area is 140 Å². The Balaban J connectivity index is 2.86. The maximum atomic E-state index is 12.0. The first-order valence-electron chi connectivity index (χ1n) is 6.44. The Kier molecular flexibility index (Phi) is 7.41. The highest BCUT2D eigenvalue weighted by molar-refractivity contribution is 7.92. The standard InChI is InChI=1S/C13H18Cl2N2O4S/c1-21-9-7-16-12(18)6-8-17(22(2,19)20)13-10(14)4-3-5-11(13)15/h3-5H,6-9H2,1-2H3,(H,16,18). The number of rotatable bonds is 8. The monoisotopic (exact) mass is 368 g/mol. The van der Waals surface area contributed by atoms with Crippen LogP contribution in [0.4, 0.5) is 5.69 Å². The SMILES string of the molecule is COCCNC(=O)CCN(c1c(Cl)cccc1Cl)S(C)(=O)=O. The van der Waals surface area contributed by atoms with Crippen LogP contribution in [0, 0.1) is 0 Å². The summed E-state index contributed by atoms with van der Waals surface area (Å²) in [6.45, 7) is 0.694. The summed E-state index contributed by atoms with van der Waals surface area (Å²) in [5.74, 6) is -0.283. The van der Waals surface area contributed by atoms with Gasteiger partial charge in [0.25, 0.3) is 0 Å². The van der Waals surface area contributed by atoms with Gasteiger partial charge in [-0.1, -0.05) is 29.3 Å². The molecule has 0 aliphatic carbocycles. The average Bonchev–Trinajstić information content (AvgIpc) is 2.41. The van der Waals surface area contributed by atoms with Gasteiger partial charge >= 0.3 is 0 Å².